The number of nitrogens with zero attached hydrogens (tertiary/aromatic N) is 4. The Hall–Kier alpha value is -2.95. The van der Waals surface area contributed by atoms with E-state index in [1.54, 1.807) is 12.2 Å². The molecule has 0 spiro atoms. The molecule has 1 aromatic rings. The third-order valence-electron chi connectivity index (χ3n) is 9.12. The monoisotopic (exact) mass is 573 g/mol. The molecule has 0 aromatic carbocycles. The van der Waals surface area contributed by atoms with Crippen molar-refractivity contribution in [2.24, 2.45) is 22.9 Å². The highest BCUT2D eigenvalue weighted by Gasteiger charge is 2.52. The molecule has 3 atom stereocenters. The Balaban J connectivity index is 1.56. The summed E-state index contributed by atoms with van der Waals surface area (Å²) in [5.41, 5.74) is 0.680. The first-order chi connectivity index (χ1) is 19.7. The van der Waals surface area contributed by atoms with Gasteiger partial charge in [0.15, 0.2) is 17.8 Å². The lowest BCUT2D eigenvalue weighted by Gasteiger charge is -2.38. The predicted molar refractivity (Wildman–Crippen MR) is 158 cm³/mol. The van der Waals surface area contributed by atoms with E-state index in [9.17, 15) is 5.11 Å². The molecule has 0 radical (unpaired) electrons. The van der Waals surface area contributed by atoms with Crippen LogP contribution >= 0.6 is 0 Å². The summed E-state index contributed by atoms with van der Waals surface area (Å²) in [5.74, 6) is -0.561. The van der Waals surface area contributed by atoms with E-state index >= 15 is 8.78 Å². The highest BCUT2D eigenvalue weighted by atomic mass is 19.3. The summed E-state index contributed by atoms with van der Waals surface area (Å²) in [4.78, 5) is 16.1. The van der Waals surface area contributed by atoms with Gasteiger partial charge in [0.1, 0.15) is 5.69 Å². The summed E-state index contributed by atoms with van der Waals surface area (Å²) in [6.07, 6.45) is 9.62. The number of halogens is 2. The number of aliphatic hydroxyl groups is 1. The van der Waals surface area contributed by atoms with Crippen molar-refractivity contribution in [3.05, 3.63) is 30.1 Å². The van der Waals surface area contributed by atoms with E-state index in [4.69, 9.17) is 9.82 Å². The topological polar surface area (TPSA) is 107 Å². The van der Waals surface area contributed by atoms with Gasteiger partial charge in [-0.25, -0.2) is 9.97 Å². The van der Waals surface area contributed by atoms with Crippen LogP contribution in [0.1, 0.15) is 90.8 Å². The Morgan fingerprint density at radius 3 is 2.59 bits per heavy atom. The van der Waals surface area contributed by atoms with Crippen molar-refractivity contribution in [3.8, 4) is 0 Å². The largest absolute Gasteiger partial charge is 0.365 e. The lowest BCUT2D eigenvalue weighted by Crippen LogP contribution is -2.52. The van der Waals surface area contributed by atoms with Gasteiger partial charge in [0.2, 0.25) is 11.7 Å². The van der Waals surface area contributed by atoms with E-state index in [0.717, 1.165) is 38.5 Å². The maximum Gasteiger partial charge on any atom is 0.307 e. The molecule has 0 saturated heterocycles. The molecule has 226 valence electrons. The Morgan fingerprint density at radius 2 is 1.98 bits per heavy atom. The van der Waals surface area contributed by atoms with Crippen molar-refractivity contribution in [3.63, 3.8) is 0 Å². The Kier molecular flexibility index (Phi) is 9.01. The minimum Gasteiger partial charge on any atom is -0.365 e. The Morgan fingerprint density at radius 1 is 1.22 bits per heavy atom. The Labute approximate surface area is 241 Å². The normalized spacial score (nSPS) is 27.2. The van der Waals surface area contributed by atoms with Crippen LogP contribution in [0.2, 0.25) is 0 Å². The van der Waals surface area contributed by atoms with Gasteiger partial charge in [0.05, 0.1) is 0 Å². The van der Waals surface area contributed by atoms with Gasteiger partial charge in [0, 0.05) is 12.6 Å². The smallest absolute Gasteiger partial charge is 0.307 e. The van der Waals surface area contributed by atoms with Crippen molar-refractivity contribution in [1.29, 1.82) is 0 Å². The van der Waals surface area contributed by atoms with Crippen LogP contribution in [-0.4, -0.2) is 52.0 Å². The van der Waals surface area contributed by atoms with E-state index in [-0.39, 0.29) is 29.7 Å². The van der Waals surface area contributed by atoms with Crippen molar-refractivity contribution >= 4 is 23.2 Å². The highest BCUT2D eigenvalue weighted by molar-refractivity contribution is 5.98. The summed E-state index contributed by atoms with van der Waals surface area (Å²) >= 11 is 0. The van der Waals surface area contributed by atoms with Crippen LogP contribution in [0.5, 0.6) is 0 Å². The molecule has 41 heavy (non-hydrogen) atoms. The fourth-order valence-electron chi connectivity index (χ4n) is 6.38. The zero-order chi connectivity index (χ0) is 29.1. The van der Waals surface area contributed by atoms with E-state index in [1.807, 2.05) is 11.8 Å². The molecule has 5 rings (SSSR count). The van der Waals surface area contributed by atoms with Crippen LogP contribution in [0, 0.1) is 17.8 Å². The average molecular weight is 574 g/mol. The van der Waals surface area contributed by atoms with E-state index in [1.165, 1.54) is 6.42 Å². The number of rotatable bonds is 12. The van der Waals surface area contributed by atoms with Crippen molar-refractivity contribution in [1.82, 2.24) is 15.3 Å². The first kappa shape index (κ1) is 29.5. The SMILES string of the molecule is C=CCC/C(=C\CC)C(F)(F)[C@@H]1Nc2nc(C3=NOC(O)N3)nc(N[C@H](C)C3CCC3)c2N1C[C@H]1CC[C@H](C)CC1. The molecule has 1 aromatic heterocycles. The molecular weight excluding hydrogens is 528 g/mol. The van der Waals surface area contributed by atoms with Crippen molar-refractivity contribution in [2.75, 3.05) is 22.1 Å². The number of fused-ring (bicyclic) bond motifs is 1. The van der Waals surface area contributed by atoms with Crippen LogP contribution in [0.15, 0.2) is 29.5 Å². The number of amidine groups is 1. The van der Waals surface area contributed by atoms with Gasteiger partial charge in [-0.2, -0.15) is 8.78 Å². The Bertz CT molecular complexity index is 1150. The number of oxime groups is 1. The molecule has 9 nitrogen and oxygen atoms in total. The molecule has 2 fully saturated rings. The number of alkyl halides is 2. The van der Waals surface area contributed by atoms with Gasteiger partial charge < -0.3 is 30.8 Å². The second-order valence-electron chi connectivity index (χ2n) is 12.2. The number of hydrogen-bond donors (Lipinski definition) is 4. The minimum atomic E-state index is -3.17. The van der Waals surface area contributed by atoms with E-state index in [2.05, 4.69) is 46.5 Å². The van der Waals surface area contributed by atoms with Gasteiger partial charge in [-0.05, 0) is 75.2 Å². The first-order valence-electron chi connectivity index (χ1n) is 15.3. The number of aliphatic hydroxyl groups excluding tert-OH is 1. The van der Waals surface area contributed by atoms with Crippen molar-refractivity contribution < 1.29 is 18.7 Å². The molecule has 2 aliphatic carbocycles. The second-order valence-corrected chi connectivity index (χ2v) is 12.2. The molecule has 0 amide bonds. The molecule has 11 heteroatoms. The molecule has 3 heterocycles. The lowest BCUT2D eigenvalue weighted by molar-refractivity contribution is -0.0896. The number of nitrogens with one attached hydrogen (secondary N) is 3. The van der Waals surface area contributed by atoms with Gasteiger partial charge in [-0.15, -0.1) is 6.58 Å². The summed E-state index contributed by atoms with van der Waals surface area (Å²) in [6, 6.07) is 0.107. The minimum absolute atomic E-state index is 0.107. The van der Waals surface area contributed by atoms with Gasteiger partial charge in [0.25, 0.3) is 0 Å². The first-order valence-corrected chi connectivity index (χ1v) is 15.3. The van der Waals surface area contributed by atoms with Crippen LogP contribution < -0.4 is 20.9 Å². The zero-order valence-corrected chi connectivity index (χ0v) is 24.5. The fourth-order valence-corrected chi connectivity index (χ4v) is 6.38. The highest BCUT2D eigenvalue weighted by Crippen LogP contribution is 2.47. The standard InChI is InChI=1S/C30H45F2N7O2/c1-5-7-12-22(9-6-2)30(31,32)28-36-25-23(39(28)17-20-15-13-18(3)14-16-20)24(33-19(4)21-10-8-11-21)34-26(35-25)27-37-29(40)41-38-27/h5,9,18-21,28-29,40H,1,6-8,10-17H2,2-4H3,(H,37,38)(H2,33,34,35,36)/b22-9+/t18-,19-,20-,28-,29?/m1/s1. The van der Waals surface area contributed by atoms with Crippen LogP contribution in [0.25, 0.3) is 0 Å². The molecule has 2 saturated carbocycles. The molecule has 0 bridgehead atoms. The van der Waals surface area contributed by atoms with Crippen molar-refractivity contribution in [2.45, 2.75) is 110 Å². The molecule has 1 unspecified atom stereocenters. The maximum atomic E-state index is 16.6. The number of hydrogen-bond acceptors (Lipinski definition) is 9. The maximum absolute atomic E-state index is 16.6. The number of allylic oxidation sites excluding steroid dienone is 2. The summed E-state index contributed by atoms with van der Waals surface area (Å²) < 4.78 is 33.2. The number of aromatic nitrogens is 2. The second kappa shape index (κ2) is 12.5. The fraction of sp³-hybridized carbons (Fsp3) is 0.700. The molecule has 2 aliphatic heterocycles. The van der Waals surface area contributed by atoms with Gasteiger partial charge >= 0.3 is 12.3 Å². The lowest BCUT2D eigenvalue weighted by atomic mass is 9.80. The van der Waals surface area contributed by atoms with Crippen LogP contribution in [-0.2, 0) is 4.84 Å². The molecule has 4 aliphatic rings. The average Bonchev–Trinajstić information content (AvgIpc) is 3.51. The summed E-state index contributed by atoms with van der Waals surface area (Å²) in [7, 11) is 0. The third kappa shape index (κ3) is 6.29. The van der Waals surface area contributed by atoms with Crippen LogP contribution in [0.3, 0.4) is 0 Å². The summed E-state index contributed by atoms with van der Waals surface area (Å²) in [5, 5.41) is 23.0. The van der Waals surface area contributed by atoms with E-state index < -0.39 is 18.5 Å². The van der Waals surface area contributed by atoms with Gasteiger partial charge in [-0.1, -0.05) is 50.4 Å². The molecule has 4 N–H and O–H groups in total. The summed E-state index contributed by atoms with van der Waals surface area (Å²) in [6.45, 7) is 10.5. The number of anilines is 3. The zero-order valence-electron chi connectivity index (χ0n) is 24.5. The quantitative estimate of drug-likeness (QED) is 0.227. The van der Waals surface area contributed by atoms with Gasteiger partial charge in [-0.3, -0.25) is 0 Å². The predicted octanol–water partition coefficient (Wildman–Crippen LogP) is 5.96. The third-order valence-corrected chi connectivity index (χ3v) is 9.12. The van der Waals surface area contributed by atoms with E-state index in [0.29, 0.717) is 54.5 Å². The van der Waals surface area contributed by atoms with Crippen LogP contribution in [0.4, 0.5) is 26.1 Å². The molecular formula is C30H45F2N7O2.